The van der Waals surface area contributed by atoms with Gasteiger partial charge >= 0.3 is 559 Å². The van der Waals surface area contributed by atoms with E-state index in [1.54, 1.807) is 0 Å². The van der Waals surface area contributed by atoms with E-state index in [4.69, 9.17) is 28.4 Å². The standard InChI is InChI=1S/C43H62N2O64S16.14Na/c46-26(44-18-6-10-20(11-7-18)110-42-38(108-124(84,85)86)32(102-118(66,67)68)28(22(96-42)14-90-112(48,49)50)98-40-36(106-122(78,79)80)34(104-120(72,73)74)30(100-116(60,61)62)24(94-40)16-92-114(54,55)56)4-2-1-3-5-27(47)45-19-8-12-21(13-9-19)111-43-39(109-125(87,88)89)33(103-119(69,70)71)29(23(97-43)15-91-113(51,52)53)99-41-37(107-123(81,82)83)35(105-121(75,76)77)31(101-117(63,64)65)25(95-41)17-93-115(57,58)59;;;;;;;;;;;;;;/h6-13,22-25,28-43H,1-5,14-17H2,(H,44,46)(H,45,47)(H,48,49,50)(H,51,52,53)(H,54,55,56)(H,57,58,59)(H,60,61,62)(H,63,64,65)(H,66,67,68)(H,69,70,71)(H,72,73,74)(H,75,76,77)(H,78,79,80)(H,81,82,83)(H,84,85,86)(H,87,88,89);;;;;;;;;;;;;;/q;14*+1/t22-,23-,24-,25-,28-,29-,30-,31-,32+,33+,34+,35+,36-,37-,38-,39-,40-,41-,42+,43+;;;;;;;;;;;;;;/m1............../s1. The summed E-state index contributed by atoms with van der Waals surface area (Å²) in [7, 11) is -85.1. The fourth-order valence-electron chi connectivity index (χ4n) is 10.9. The van der Waals surface area contributed by atoms with E-state index in [0.29, 0.717) is 0 Å². The van der Waals surface area contributed by atoms with Gasteiger partial charge in [0.05, 0.1) is 26.4 Å². The Hall–Kier alpha value is 10.0. The summed E-state index contributed by atoms with van der Waals surface area (Å²) in [5.41, 5.74) is -4.96. The summed E-state index contributed by atoms with van der Waals surface area (Å²) in [5.74, 6) is -1.49. The van der Waals surface area contributed by atoms with Crippen molar-refractivity contribution in [3.05, 3.63) is 48.5 Å². The largest absolute Gasteiger partial charge is 1.00 e. The molecule has 4 saturated heterocycles. The fraction of sp³-hybridized carbons (Fsp3) is 0.674. The average Bonchev–Trinajstić information content (AvgIpc) is 0.754. The monoisotopic (exact) mass is 2460 g/mol. The van der Waals surface area contributed by atoms with Crippen molar-refractivity contribution < 1.29 is 692 Å². The van der Waals surface area contributed by atoms with Crippen LogP contribution in [-0.4, -0.2) is 341 Å². The molecule has 4 fully saturated rings. The first-order chi connectivity index (χ1) is 56.4. The van der Waals surface area contributed by atoms with E-state index in [9.17, 15) is 191 Å². The number of carbonyl (C=O) groups is 2. The number of thioether (sulfide) groups is 2. The van der Waals surface area contributed by atoms with Gasteiger partial charge in [-0.3, -0.25) is 73.3 Å². The van der Waals surface area contributed by atoms with Crippen LogP contribution in [0.2, 0.25) is 0 Å². The van der Waals surface area contributed by atoms with Gasteiger partial charge < -0.3 is 39.1 Å². The molecule has 4 aliphatic rings. The molecule has 4 heterocycles. The van der Waals surface area contributed by atoms with E-state index in [0.717, 1.165) is 48.5 Å². The molecule has 20 atom stereocenters. The van der Waals surface area contributed by atoms with Gasteiger partial charge in [0.25, 0.3) is 0 Å². The maximum atomic E-state index is 13.1. The zero-order chi connectivity index (χ0) is 95.0. The van der Waals surface area contributed by atoms with E-state index in [2.05, 4.69) is 69.2 Å². The Labute approximate surface area is 1110 Å². The summed E-state index contributed by atoms with van der Waals surface area (Å²) in [5, 5.41) is 4.88. The Morgan fingerprint density at radius 3 is 0.640 bits per heavy atom. The molecule has 6 rings (SSSR count). The summed E-state index contributed by atoms with van der Waals surface area (Å²) >= 11 is 0.286. The molecule has 724 valence electrons. The Morgan fingerprint density at radius 2 is 0.432 bits per heavy atom. The van der Waals surface area contributed by atoms with Crippen LogP contribution in [0.1, 0.15) is 32.1 Å². The minimum Gasteiger partial charge on any atom is -0.356 e. The normalized spacial score (nSPS) is 25.5. The summed E-state index contributed by atoms with van der Waals surface area (Å²) in [6.45, 7) is -7.55. The van der Waals surface area contributed by atoms with E-state index in [1.807, 2.05) is 0 Å². The van der Waals surface area contributed by atoms with Crippen LogP contribution in [0.25, 0.3) is 0 Å². The molecule has 2 amide bonds. The van der Waals surface area contributed by atoms with Crippen LogP contribution in [-0.2, 0) is 242 Å². The number of unbranched alkanes of at least 4 members (excludes halogenated alkanes) is 2. The van der Waals surface area contributed by atoms with E-state index in [-0.39, 0.29) is 491 Å². The molecule has 96 heteroatoms. The van der Waals surface area contributed by atoms with Crippen LogP contribution in [0.15, 0.2) is 58.3 Å². The molecule has 0 aliphatic carbocycles. The maximum Gasteiger partial charge on any atom is 1.00 e. The second-order valence-corrected chi connectivity index (χ2v) is 41.2. The first-order valence-electron chi connectivity index (χ1n) is 31.5. The predicted octanol–water partition coefficient (Wildman–Crippen LogP) is -48.7. The number of carbonyl (C=O) groups excluding carboxylic acids is 2. The van der Waals surface area contributed by atoms with Gasteiger partial charge in [-0.2, -0.15) is 118 Å². The van der Waals surface area contributed by atoms with Gasteiger partial charge in [0.2, 0.25) is 11.8 Å². The maximum absolute atomic E-state index is 13.1. The number of anilines is 2. The van der Waals surface area contributed by atoms with E-state index >= 15 is 0 Å². The van der Waals surface area contributed by atoms with Crippen LogP contribution in [0.5, 0.6) is 0 Å². The van der Waals surface area contributed by atoms with E-state index < -0.39 is 305 Å². The number of benzene rings is 2. The van der Waals surface area contributed by atoms with Gasteiger partial charge in [-0.15, -0.1) is 0 Å². The molecule has 0 unspecified atom stereocenters. The van der Waals surface area contributed by atoms with Crippen molar-refractivity contribution in [3.63, 3.8) is 0 Å². The molecule has 0 saturated carbocycles. The Kier molecular flexibility index (Phi) is 84.5. The topological polar surface area (TPSA) is 1000 Å². The van der Waals surface area contributed by atoms with Crippen molar-refractivity contribution >= 4 is 192 Å². The molecule has 0 bridgehead atoms. The van der Waals surface area contributed by atoms with Crippen LogP contribution >= 0.6 is 23.5 Å². The summed E-state index contributed by atoms with van der Waals surface area (Å²) in [6.07, 6.45) is -56.7. The zero-order valence-corrected chi connectivity index (χ0v) is 115. The SMILES string of the molecule is O=C(CCCCCC(=O)Nc1ccc(S[C@@H]2O[C@H](COS(=O)(=O)O)[C@@H](O[C@H]3O[C@H](COS(=O)(=O)O)[C@@H](OS(=O)(=O)O)[C@H](OS(=O)(=O)O)[C@H]3OS(=O)(=O)O)[C@H](OS(=O)(=O)O)[C@H]2OS(=O)(=O)O)cc1)Nc1ccc(S[C@@H]2O[C@H](COS(=O)(=O)O)[C@@H](O[C@H]3O[C@H](COS(=O)(=O)O)[C@@H](OS(=O)(=O)O)[C@H](OS(=O)(=O)O)[C@H]3OS(=O)(=O)O)[C@H](OS(=O)(=O)O)[C@H]2OS(=O)(=O)O)cc1.[Na+].[Na+].[Na+].[Na+].[Na+].[Na+].[Na+].[Na+].[Na+].[Na+].[Na+].[Na+].[Na+].[Na+]. The van der Waals surface area contributed by atoms with Crippen molar-refractivity contribution in [1.29, 1.82) is 0 Å². The zero-order valence-electron chi connectivity index (χ0n) is 73.7. The number of hydrogen-bond acceptors (Lipinski definition) is 52. The van der Waals surface area contributed by atoms with Crippen molar-refractivity contribution in [3.8, 4) is 0 Å². The first-order valence-corrected chi connectivity index (χ1v) is 52.4. The first kappa shape index (κ1) is 167. The number of rotatable bonds is 48. The molecule has 2 aromatic carbocycles. The Balaban J connectivity index is -0.00000172. The van der Waals surface area contributed by atoms with Gasteiger partial charge in [0.1, 0.15) is 96.3 Å². The van der Waals surface area contributed by atoms with E-state index in [1.165, 1.54) is 0 Å². The second kappa shape index (κ2) is 70.5. The van der Waals surface area contributed by atoms with Gasteiger partial charge in [-0.05, 0) is 61.4 Å². The van der Waals surface area contributed by atoms with Gasteiger partial charge in [-0.1, -0.05) is 29.9 Å². The fourth-order valence-corrected chi connectivity index (χ4v) is 19.4. The number of hydrogen-bond donors (Lipinski definition) is 16. The van der Waals surface area contributed by atoms with Crippen molar-refractivity contribution in [1.82, 2.24) is 0 Å². The smallest absolute Gasteiger partial charge is 0.356 e. The predicted molar refractivity (Wildman–Crippen MR) is 384 cm³/mol. The van der Waals surface area contributed by atoms with Crippen LogP contribution in [0.3, 0.4) is 0 Å². The van der Waals surface area contributed by atoms with Crippen molar-refractivity contribution in [2.75, 3.05) is 37.1 Å². The van der Waals surface area contributed by atoms with Crippen molar-refractivity contribution in [2.24, 2.45) is 0 Å². The van der Waals surface area contributed by atoms with Crippen LogP contribution in [0.4, 0.5) is 11.4 Å². The molecule has 0 radical (unpaired) electrons. The molecule has 139 heavy (non-hydrogen) atoms. The minimum atomic E-state index is -6.28. The molecule has 16 N–H and O–H groups in total. The molecular formula is C43H62N2Na14O64S16+14. The van der Waals surface area contributed by atoms with Gasteiger partial charge in [-0.25, -0.2) is 58.6 Å². The average molecular weight is 2470 g/mol. The number of ether oxygens (including phenoxy) is 6. The molecule has 66 nitrogen and oxygen atoms in total. The summed E-state index contributed by atoms with van der Waals surface area (Å²) in [6, 6.07) is 8.49. The molecule has 0 spiro atoms. The van der Waals surface area contributed by atoms with Crippen molar-refractivity contribution in [2.45, 2.75) is 163 Å². The third kappa shape index (κ3) is 67.6. The van der Waals surface area contributed by atoms with Gasteiger partial charge in [0.15, 0.2) is 24.8 Å². The van der Waals surface area contributed by atoms with Gasteiger partial charge in [0, 0.05) is 34.0 Å². The third-order valence-corrected chi connectivity index (χ3v) is 23.6. The second-order valence-electron chi connectivity index (χ2n) is 24.0. The van der Waals surface area contributed by atoms with Crippen LogP contribution < -0.4 is 424 Å². The van der Waals surface area contributed by atoms with Crippen LogP contribution in [0, 0.1) is 0 Å². The third-order valence-electron chi connectivity index (χ3n) is 14.9. The number of amides is 2. The Morgan fingerprint density at radius 1 is 0.245 bits per heavy atom. The summed E-state index contributed by atoms with van der Waals surface area (Å²) < 4.78 is 568. The molecule has 4 aliphatic heterocycles. The summed E-state index contributed by atoms with van der Waals surface area (Å²) in [4.78, 5) is 25.7. The molecule has 2 aromatic rings. The number of nitrogens with one attached hydrogen (secondary N) is 2. The molecular weight excluding hydrogens is 2400 g/mol. The minimum absolute atomic E-state index is 0. The quantitative estimate of drug-likeness (QED) is 0.0166. The Bertz CT molecular complexity index is 5540. The molecule has 0 aromatic heterocycles.